The van der Waals surface area contributed by atoms with E-state index in [-0.39, 0.29) is 47.3 Å². The molecule has 0 spiro atoms. The van der Waals surface area contributed by atoms with E-state index in [9.17, 15) is 19.6 Å². The van der Waals surface area contributed by atoms with Crippen molar-refractivity contribution in [2.75, 3.05) is 45.2 Å². The molecule has 1 aromatic carbocycles. The quantitative estimate of drug-likeness (QED) is 0.0707. The minimum absolute atomic E-state index is 0.0244. The largest absolute Gasteiger partial charge is 0.484 e. The van der Waals surface area contributed by atoms with E-state index in [1.165, 1.54) is 28.7 Å². The molecular weight excluding hydrogens is 793 g/mol. The molecule has 6 rings (SSSR count). The second-order valence-electron chi connectivity index (χ2n) is 15.7. The first kappa shape index (κ1) is 43.0. The Hall–Kier alpha value is -4.56. The van der Waals surface area contributed by atoms with E-state index in [0.717, 1.165) is 67.1 Å². The second-order valence-corrected chi connectivity index (χ2v) is 18.9. The summed E-state index contributed by atoms with van der Waals surface area (Å²) in [7, 11) is 1.72. The number of carbonyl (C=O) groups excluding carboxylic acids is 3. The van der Waals surface area contributed by atoms with Crippen molar-refractivity contribution in [1.82, 2.24) is 29.7 Å². The van der Waals surface area contributed by atoms with E-state index >= 15 is 0 Å². The number of piperidine rings is 2. The number of benzene rings is 1. The van der Waals surface area contributed by atoms with Crippen molar-refractivity contribution < 1.29 is 23.5 Å². The van der Waals surface area contributed by atoms with Crippen LogP contribution in [0.5, 0.6) is 5.75 Å². The molecule has 3 aromatic heterocycles. The Balaban J connectivity index is 0.897. The van der Waals surface area contributed by atoms with E-state index in [2.05, 4.69) is 52.9 Å². The van der Waals surface area contributed by atoms with Gasteiger partial charge in [-0.2, -0.15) is 5.26 Å². The first-order chi connectivity index (χ1) is 27.9. The number of rotatable bonds is 15. The van der Waals surface area contributed by atoms with Crippen molar-refractivity contribution in [3.63, 3.8) is 0 Å². The van der Waals surface area contributed by atoms with Crippen LogP contribution in [-0.4, -0.2) is 93.2 Å². The van der Waals surface area contributed by atoms with Gasteiger partial charge in [0.05, 0.1) is 28.4 Å². The number of amides is 3. The normalized spacial score (nSPS) is 16.5. The number of nitrogens with one attached hydrogen (secondary N) is 1. The predicted octanol–water partition coefficient (Wildman–Crippen LogP) is 7.80. The van der Waals surface area contributed by atoms with Gasteiger partial charge in [0.15, 0.2) is 11.7 Å². The molecule has 0 radical (unpaired) electrons. The van der Waals surface area contributed by atoms with Gasteiger partial charge in [0, 0.05) is 49.1 Å². The Morgan fingerprint density at radius 3 is 2.47 bits per heavy atom. The fourth-order valence-corrected chi connectivity index (χ4v) is 9.54. The van der Waals surface area contributed by atoms with E-state index in [1.54, 1.807) is 47.7 Å². The smallest absolute Gasteiger partial charge is 0.264 e. The van der Waals surface area contributed by atoms with Gasteiger partial charge in [-0.25, -0.2) is 15.0 Å². The standard InChI is InChI=1S/C42H52N8O5S3/c1-6-7-33(48(5)40(53)30(23-43)22-36-44-16-21-56-36)28-8-10-32(11-9-28)54-26-37(51)50-19-14-31(15-20-50)49-17-12-29(13-18-49)39(52)47-41-46-25-38(58-41)57-27-35-45-24-34(55-35)42(2,3)4/h8-11,16,21-22,24-25,29,31,33H,6-7,12-15,17-20,26-27H2,1-5H3,(H,46,47,52)/b30-22+. The number of carbonyl (C=O) groups is 3. The molecule has 2 saturated heterocycles. The summed E-state index contributed by atoms with van der Waals surface area (Å²) in [6.07, 6.45) is 11.7. The lowest BCUT2D eigenvalue weighted by Gasteiger charge is -2.41. The number of thioether (sulfide) groups is 1. The molecule has 0 bridgehead atoms. The number of nitrogens with zero attached hydrogens (tertiary/aromatic N) is 7. The van der Waals surface area contributed by atoms with Crippen LogP contribution in [0.1, 0.15) is 94.5 Å². The second kappa shape index (κ2) is 19.9. The SMILES string of the molecule is CCCC(c1ccc(OCC(=O)N2CCC(N3CCC(C(=O)Nc4ncc(SCc5ncc(C(C)(C)C)o5)s4)CC3)CC2)cc1)N(C)C(=O)/C(C#N)=C/c1nccs1. The van der Waals surface area contributed by atoms with Gasteiger partial charge in [0.1, 0.15) is 28.2 Å². The summed E-state index contributed by atoms with van der Waals surface area (Å²) in [4.78, 5) is 58.5. The minimum atomic E-state index is -0.356. The van der Waals surface area contributed by atoms with Crippen LogP contribution in [0.25, 0.3) is 6.08 Å². The van der Waals surface area contributed by atoms with Gasteiger partial charge in [-0.15, -0.1) is 23.1 Å². The Kier molecular flexibility index (Phi) is 14.8. The monoisotopic (exact) mass is 844 g/mol. The van der Waals surface area contributed by atoms with Crippen molar-refractivity contribution in [3.8, 4) is 11.8 Å². The highest BCUT2D eigenvalue weighted by Crippen LogP contribution is 2.33. The van der Waals surface area contributed by atoms with Crippen molar-refractivity contribution in [3.05, 3.63) is 76.0 Å². The number of nitriles is 1. The maximum absolute atomic E-state index is 13.3. The Labute approximate surface area is 352 Å². The van der Waals surface area contributed by atoms with Gasteiger partial charge in [0.2, 0.25) is 11.8 Å². The summed E-state index contributed by atoms with van der Waals surface area (Å²) in [6.45, 7) is 11.3. The van der Waals surface area contributed by atoms with E-state index in [4.69, 9.17) is 9.15 Å². The Morgan fingerprint density at radius 1 is 1.09 bits per heavy atom. The van der Waals surface area contributed by atoms with E-state index in [0.29, 0.717) is 46.7 Å². The molecule has 1 unspecified atom stereocenters. The molecule has 5 heterocycles. The number of aromatic nitrogens is 3. The van der Waals surface area contributed by atoms with Gasteiger partial charge in [0.25, 0.3) is 11.8 Å². The van der Waals surface area contributed by atoms with Gasteiger partial charge in [-0.3, -0.25) is 14.4 Å². The summed E-state index contributed by atoms with van der Waals surface area (Å²) in [5.41, 5.74) is 0.878. The molecule has 0 saturated carbocycles. The number of oxazole rings is 1. The van der Waals surface area contributed by atoms with Crippen LogP contribution < -0.4 is 10.1 Å². The van der Waals surface area contributed by atoms with E-state index < -0.39 is 0 Å². The molecule has 58 heavy (non-hydrogen) atoms. The molecule has 16 heteroatoms. The van der Waals surface area contributed by atoms with Crippen LogP contribution in [0.4, 0.5) is 5.13 Å². The maximum atomic E-state index is 13.3. The molecule has 13 nitrogen and oxygen atoms in total. The summed E-state index contributed by atoms with van der Waals surface area (Å²) in [6, 6.07) is 9.67. The van der Waals surface area contributed by atoms with Crippen LogP contribution in [0.2, 0.25) is 0 Å². The number of likely N-dealkylation sites (tertiary alicyclic amines) is 2. The number of hydrogen-bond donors (Lipinski definition) is 1. The molecule has 0 aliphatic carbocycles. The Bertz CT molecular complexity index is 2050. The minimum Gasteiger partial charge on any atom is -0.484 e. The average Bonchev–Trinajstić information content (AvgIpc) is 4.03. The number of likely N-dealkylation sites (N-methyl/N-ethyl adjacent to an activating group) is 1. The highest BCUT2D eigenvalue weighted by Gasteiger charge is 2.32. The maximum Gasteiger partial charge on any atom is 0.264 e. The first-order valence-corrected chi connectivity index (χ1v) is 22.5. The van der Waals surface area contributed by atoms with Crippen LogP contribution in [-0.2, 0) is 25.6 Å². The van der Waals surface area contributed by atoms with Gasteiger partial charge >= 0.3 is 0 Å². The molecule has 308 valence electrons. The fraction of sp³-hybridized carbons (Fsp3) is 0.500. The summed E-state index contributed by atoms with van der Waals surface area (Å²) in [5.74, 6) is 2.29. The molecular formula is C42H52N8O5S3. The average molecular weight is 845 g/mol. The van der Waals surface area contributed by atoms with Crippen LogP contribution in [0.15, 0.2) is 62.4 Å². The zero-order valence-electron chi connectivity index (χ0n) is 33.8. The third kappa shape index (κ3) is 11.3. The molecule has 1 N–H and O–H groups in total. The highest BCUT2D eigenvalue weighted by molar-refractivity contribution is 8.00. The van der Waals surface area contributed by atoms with Crippen molar-refractivity contribution in [1.29, 1.82) is 5.26 Å². The van der Waals surface area contributed by atoms with Crippen molar-refractivity contribution in [2.45, 2.75) is 93.7 Å². The molecule has 2 aliphatic heterocycles. The number of anilines is 1. The zero-order valence-corrected chi connectivity index (χ0v) is 36.3. The number of ether oxygens (including phenoxy) is 1. The molecule has 3 amide bonds. The van der Waals surface area contributed by atoms with Crippen molar-refractivity contribution >= 4 is 63.4 Å². The Morgan fingerprint density at radius 2 is 1.83 bits per heavy atom. The molecule has 2 aliphatic rings. The molecule has 4 aromatic rings. The lowest BCUT2D eigenvalue weighted by atomic mass is 9.93. The van der Waals surface area contributed by atoms with Gasteiger partial charge in [-0.1, -0.05) is 57.6 Å². The van der Waals surface area contributed by atoms with E-state index in [1.807, 2.05) is 35.2 Å². The van der Waals surface area contributed by atoms with Crippen LogP contribution >= 0.6 is 34.4 Å². The zero-order chi connectivity index (χ0) is 41.2. The summed E-state index contributed by atoms with van der Waals surface area (Å²) >= 11 is 4.43. The van der Waals surface area contributed by atoms with Crippen LogP contribution in [0.3, 0.4) is 0 Å². The predicted molar refractivity (Wildman–Crippen MR) is 227 cm³/mol. The molecule has 2 fully saturated rings. The third-order valence-electron chi connectivity index (χ3n) is 10.6. The highest BCUT2D eigenvalue weighted by atomic mass is 32.2. The first-order valence-electron chi connectivity index (χ1n) is 19.8. The lowest BCUT2D eigenvalue weighted by Crippen LogP contribution is -2.50. The van der Waals surface area contributed by atoms with Gasteiger partial charge in [-0.05, 0) is 69.0 Å². The molecule has 1 atom stereocenters. The van der Waals surface area contributed by atoms with Crippen molar-refractivity contribution in [2.24, 2.45) is 5.92 Å². The lowest BCUT2D eigenvalue weighted by molar-refractivity contribution is -0.135. The van der Waals surface area contributed by atoms with Crippen LogP contribution in [0, 0.1) is 17.2 Å². The summed E-state index contributed by atoms with van der Waals surface area (Å²) in [5, 5.41) is 15.7. The third-order valence-corrected chi connectivity index (χ3v) is 13.4. The fourth-order valence-electron chi connectivity index (χ4n) is 7.24. The number of thiazole rings is 2. The summed E-state index contributed by atoms with van der Waals surface area (Å²) < 4.78 is 12.8. The number of hydrogen-bond acceptors (Lipinski definition) is 13. The van der Waals surface area contributed by atoms with Gasteiger partial charge < -0.3 is 29.2 Å². The topological polar surface area (TPSA) is 158 Å².